The molecule has 1 aliphatic rings. The first-order valence-corrected chi connectivity index (χ1v) is 9.75. The van der Waals surface area contributed by atoms with Crippen molar-refractivity contribution in [1.82, 2.24) is 9.40 Å². The quantitative estimate of drug-likeness (QED) is 0.438. The minimum absolute atomic E-state index is 0.107. The van der Waals surface area contributed by atoms with Crippen LogP contribution in [0.1, 0.15) is 34.7 Å². The topological polar surface area (TPSA) is 113 Å². The zero-order chi connectivity index (χ0) is 18.2. The molecule has 1 heterocycles. The van der Waals surface area contributed by atoms with Crippen molar-refractivity contribution in [2.24, 2.45) is 10.8 Å². The van der Waals surface area contributed by atoms with Crippen molar-refractivity contribution in [3.63, 3.8) is 0 Å². The van der Waals surface area contributed by atoms with Gasteiger partial charge in [0.25, 0.3) is 0 Å². The van der Waals surface area contributed by atoms with E-state index in [0.29, 0.717) is 18.6 Å². The fraction of sp³-hybridized carbons (Fsp3) is 0.294. The van der Waals surface area contributed by atoms with E-state index in [1.807, 2.05) is 37.3 Å². The van der Waals surface area contributed by atoms with Crippen molar-refractivity contribution in [2.45, 2.75) is 25.7 Å². The predicted molar refractivity (Wildman–Crippen MR) is 98.5 cm³/mol. The lowest BCUT2D eigenvalue weighted by Gasteiger charge is -2.26. The van der Waals surface area contributed by atoms with Gasteiger partial charge in [-0.1, -0.05) is 30.3 Å². The highest BCUT2D eigenvalue weighted by Crippen LogP contribution is 2.35. The van der Waals surface area contributed by atoms with E-state index in [4.69, 9.17) is 11.1 Å². The Labute approximate surface area is 147 Å². The number of aromatic nitrogens is 1. The molecule has 0 saturated carbocycles. The number of nitrogens with two attached hydrogens (primary N) is 1. The molecule has 0 amide bonds. The van der Waals surface area contributed by atoms with Crippen LogP contribution in [0.3, 0.4) is 0 Å². The van der Waals surface area contributed by atoms with Gasteiger partial charge in [-0.2, -0.15) is 5.10 Å². The van der Waals surface area contributed by atoms with E-state index in [2.05, 4.69) is 10.5 Å². The van der Waals surface area contributed by atoms with Crippen LogP contribution in [0.25, 0.3) is 0 Å². The number of guanidine groups is 1. The number of hydrazone groups is 1. The van der Waals surface area contributed by atoms with Gasteiger partial charge < -0.3 is 5.73 Å². The van der Waals surface area contributed by atoms with Crippen LogP contribution in [-0.4, -0.2) is 30.3 Å². The van der Waals surface area contributed by atoms with E-state index in [9.17, 15) is 8.42 Å². The molecule has 0 bridgehead atoms. The Morgan fingerprint density at radius 2 is 2.00 bits per heavy atom. The summed E-state index contributed by atoms with van der Waals surface area (Å²) >= 11 is 0. The maximum absolute atomic E-state index is 12.2. The van der Waals surface area contributed by atoms with Gasteiger partial charge >= 0.3 is 0 Å². The molecule has 0 aliphatic heterocycles. The van der Waals surface area contributed by atoms with Gasteiger partial charge in [0.05, 0.1) is 12.0 Å². The van der Waals surface area contributed by atoms with Gasteiger partial charge in [0, 0.05) is 17.5 Å². The van der Waals surface area contributed by atoms with E-state index in [0.717, 1.165) is 22.4 Å². The average molecular weight is 359 g/mol. The van der Waals surface area contributed by atoms with Crippen LogP contribution in [0, 0.1) is 12.3 Å². The molecule has 0 fully saturated rings. The number of fused-ring (bicyclic) bond motifs is 1. The first-order chi connectivity index (χ1) is 11.8. The second kappa shape index (κ2) is 6.36. The van der Waals surface area contributed by atoms with Crippen LogP contribution in [0.5, 0.6) is 0 Å². The number of benzene rings is 1. The molecule has 1 aromatic carbocycles. The molecule has 2 aromatic rings. The molecule has 1 aliphatic carbocycles. The molecule has 25 heavy (non-hydrogen) atoms. The fourth-order valence-corrected chi connectivity index (χ4v) is 4.29. The second-order valence-electron chi connectivity index (χ2n) is 6.29. The Morgan fingerprint density at radius 3 is 2.60 bits per heavy atom. The standard InChI is InChI=1S/C17H21N5O2S/c1-11-10-22(25(2,23)24)15-9-13(12-6-4-3-5-7-12)8-14(16(11)15)20-21-17(18)19/h3-7,10,13H,8-9H2,1-2H3,(H4,18,19,21)/b20-14+. The summed E-state index contributed by atoms with van der Waals surface area (Å²) in [7, 11) is -3.41. The molecule has 0 radical (unpaired) electrons. The van der Waals surface area contributed by atoms with Gasteiger partial charge in [-0.25, -0.2) is 17.8 Å². The Bertz CT molecular complexity index is 945. The van der Waals surface area contributed by atoms with E-state index < -0.39 is 10.0 Å². The summed E-state index contributed by atoms with van der Waals surface area (Å²) in [6.45, 7) is 1.87. The van der Waals surface area contributed by atoms with Gasteiger partial charge in [-0.15, -0.1) is 0 Å². The number of nitrogens with zero attached hydrogens (tertiary/aromatic N) is 2. The molecule has 0 spiro atoms. The molecule has 3 rings (SSSR count). The summed E-state index contributed by atoms with van der Waals surface area (Å²) < 4.78 is 25.7. The summed E-state index contributed by atoms with van der Waals surface area (Å²) in [5.41, 5.74) is 12.1. The molecule has 4 N–H and O–H groups in total. The van der Waals surface area contributed by atoms with Gasteiger partial charge in [0.1, 0.15) is 0 Å². The number of nitrogens with one attached hydrogen (secondary N) is 2. The SMILES string of the molecule is Cc1cn(S(C)(=O)=O)c2c1/C(=N/NC(=N)N)CC(c1ccccc1)C2. The molecular weight excluding hydrogens is 338 g/mol. The van der Waals surface area contributed by atoms with Gasteiger partial charge in [0.15, 0.2) is 0 Å². The minimum Gasteiger partial charge on any atom is -0.369 e. The summed E-state index contributed by atoms with van der Waals surface area (Å²) in [5, 5.41) is 11.6. The largest absolute Gasteiger partial charge is 0.369 e. The molecule has 132 valence electrons. The van der Waals surface area contributed by atoms with Crippen LogP contribution in [0.15, 0.2) is 41.6 Å². The predicted octanol–water partition coefficient (Wildman–Crippen LogP) is 1.52. The van der Waals surface area contributed by atoms with E-state index in [1.54, 1.807) is 6.20 Å². The number of aryl methyl sites for hydroxylation is 1. The molecule has 1 aromatic heterocycles. The summed E-state index contributed by atoms with van der Waals surface area (Å²) in [5.74, 6) is -0.146. The van der Waals surface area contributed by atoms with Crippen LogP contribution in [0.2, 0.25) is 0 Å². The first kappa shape index (κ1) is 17.2. The highest BCUT2D eigenvalue weighted by Gasteiger charge is 2.31. The van der Waals surface area contributed by atoms with Crippen LogP contribution < -0.4 is 11.2 Å². The number of hydrogen-bond donors (Lipinski definition) is 3. The summed E-state index contributed by atoms with van der Waals surface area (Å²) in [6.07, 6.45) is 4.09. The highest BCUT2D eigenvalue weighted by molar-refractivity contribution is 7.89. The van der Waals surface area contributed by atoms with Crippen molar-refractivity contribution in [1.29, 1.82) is 5.41 Å². The lowest BCUT2D eigenvalue weighted by atomic mass is 9.81. The van der Waals surface area contributed by atoms with Gasteiger partial charge in [-0.3, -0.25) is 5.41 Å². The third-order valence-corrected chi connectivity index (χ3v) is 5.41. The fourth-order valence-electron chi connectivity index (χ4n) is 3.37. The molecule has 1 unspecified atom stereocenters. The third-order valence-electron chi connectivity index (χ3n) is 4.37. The van der Waals surface area contributed by atoms with Crippen LogP contribution in [-0.2, 0) is 16.4 Å². The zero-order valence-electron chi connectivity index (χ0n) is 14.2. The molecule has 7 nitrogen and oxygen atoms in total. The van der Waals surface area contributed by atoms with Gasteiger partial charge in [0.2, 0.25) is 16.0 Å². The second-order valence-corrected chi connectivity index (χ2v) is 8.15. The smallest absolute Gasteiger partial charge is 0.235 e. The molecule has 0 saturated heterocycles. The van der Waals surface area contributed by atoms with Gasteiger partial charge in [-0.05, 0) is 36.8 Å². The molecule has 1 atom stereocenters. The number of rotatable bonds is 3. The zero-order valence-corrected chi connectivity index (χ0v) is 15.0. The van der Waals surface area contributed by atoms with E-state index >= 15 is 0 Å². The van der Waals surface area contributed by atoms with Crippen molar-refractivity contribution in [2.75, 3.05) is 6.26 Å². The lowest BCUT2D eigenvalue weighted by Crippen LogP contribution is -2.29. The van der Waals surface area contributed by atoms with Crippen molar-refractivity contribution in [3.8, 4) is 0 Å². The Hall–Kier alpha value is -2.61. The normalized spacial score (nSPS) is 18.8. The monoisotopic (exact) mass is 359 g/mol. The Kier molecular flexibility index (Phi) is 4.38. The average Bonchev–Trinajstić information content (AvgIpc) is 2.91. The van der Waals surface area contributed by atoms with E-state index in [-0.39, 0.29) is 11.9 Å². The highest BCUT2D eigenvalue weighted by atomic mass is 32.2. The molecule has 8 heteroatoms. The molecular formula is C17H21N5O2S. The number of hydrogen-bond acceptors (Lipinski definition) is 4. The first-order valence-electron chi connectivity index (χ1n) is 7.90. The van der Waals surface area contributed by atoms with Crippen molar-refractivity contribution >= 4 is 21.7 Å². The third kappa shape index (κ3) is 3.43. The Morgan fingerprint density at radius 1 is 1.32 bits per heavy atom. The maximum atomic E-state index is 12.2. The van der Waals surface area contributed by atoms with Crippen molar-refractivity contribution in [3.05, 3.63) is 58.9 Å². The Balaban J connectivity index is 2.14. The minimum atomic E-state index is -3.41. The van der Waals surface area contributed by atoms with Crippen LogP contribution >= 0.6 is 0 Å². The summed E-state index contributed by atoms with van der Waals surface area (Å²) in [4.78, 5) is 0. The van der Waals surface area contributed by atoms with Crippen LogP contribution in [0.4, 0.5) is 0 Å². The van der Waals surface area contributed by atoms with E-state index in [1.165, 1.54) is 10.2 Å². The van der Waals surface area contributed by atoms with Crippen molar-refractivity contribution < 1.29 is 8.42 Å². The lowest BCUT2D eigenvalue weighted by molar-refractivity contribution is 0.587. The maximum Gasteiger partial charge on any atom is 0.235 e. The summed E-state index contributed by atoms with van der Waals surface area (Å²) in [6, 6.07) is 9.96.